The first-order valence-electron chi connectivity index (χ1n) is 11.2. The topological polar surface area (TPSA) is 200 Å². The summed E-state index contributed by atoms with van der Waals surface area (Å²) in [5.41, 5.74) is 7.30. The molecule has 0 aliphatic rings. The average Bonchev–Trinajstić information content (AvgIpc) is 3.35. The van der Waals surface area contributed by atoms with Crippen molar-refractivity contribution in [2.45, 2.75) is 50.4 Å². The number of imidazole rings is 1. The zero-order valence-electron chi connectivity index (χ0n) is 20.1. The number of hydrogen-bond donors (Lipinski definition) is 7. The van der Waals surface area contributed by atoms with E-state index in [1.54, 1.807) is 12.1 Å². The predicted octanol–water partition coefficient (Wildman–Crippen LogP) is -0.460. The quantitative estimate of drug-likeness (QED) is 0.172. The highest BCUT2D eigenvalue weighted by atomic mass is 32.2. The fraction of sp³-hybridized carbons (Fsp3) is 0.435. The molecule has 1 aromatic heterocycles. The number of nitrogens with zero attached hydrogens (tertiary/aromatic N) is 1. The van der Waals surface area contributed by atoms with Gasteiger partial charge in [-0.25, -0.2) is 9.78 Å². The van der Waals surface area contributed by atoms with Gasteiger partial charge in [-0.2, -0.15) is 11.8 Å². The number of aromatic hydroxyl groups is 1. The summed E-state index contributed by atoms with van der Waals surface area (Å²) >= 11 is 1.45. The fourth-order valence-electron chi connectivity index (χ4n) is 3.25. The second-order valence-corrected chi connectivity index (χ2v) is 9.22. The number of thioether (sulfide) groups is 1. The molecule has 0 saturated carbocycles. The molecule has 8 N–H and O–H groups in total. The minimum absolute atomic E-state index is 0.0464. The van der Waals surface area contributed by atoms with Crippen LogP contribution in [0.3, 0.4) is 0 Å². The number of carboxylic acids is 1. The Morgan fingerprint density at radius 2 is 1.69 bits per heavy atom. The fourth-order valence-corrected chi connectivity index (χ4v) is 3.72. The van der Waals surface area contributed by atoms with Gasteiger partial charge in [-0.15, -0.1) is 0 Å². The Kier molecular flexibility index (Phi) is 11.2. The summed E-state index contributed by atoms with van der Waals surface area (Å²) in [6.45, 7) is 1.42. The van der Waals surface area contributed by atoms with Gasteiger partial charge in [-0.1, -0.05) is 12.1 Å². The van der Waals surface area contributed by atoms with Gasteiger partial charge in [0.15, 0.2) is 0 Å². The lowest BCUT2D eigenvalue weighted by atomic mass is 10.0. The number of nitrogens with two attached hydrogens (primary N) is 1. The number of benzene rings is 1. The van der Waals surface area contributed by atoms with E-state index in [9.17, 15) is 29.4 Å². The van der Waals surface area contributed by atoms with Crippen molar-refractivity contribution in [1.29, 1.82) is 0 Å². The number of carbonyl (C=O) groups excluding carboxylic acids is 3. The molecule has 4 unspecified atom stereocenters. The first-order chi connectivity index (χ1) is 17.1. The monoisotopic (exact) mass is 520 g/mol. The van der Waals surface area contributed by atoms with Crippen LogP contribution in [0.4, 0.5) is 0 Å². The van der Waals surface area contributed by atoms with Gasteiger partial charge in [-0.3, -0.25) is 14.4 Å². The standard InChI is InChI=1S/C23H32N6O6S/c1-13(20(31)28-18(23(34)35)7-8-36-2)27-22(33)19(9-14-3-5-16(30)6-4-14)29-21(32)17(24)10-15-11-25-12-26-15/h3-6,11-13,17-19,30H,7-10,24H2,1-2H3,(H,25,26)(H,27,33)(H,28,31)(H,29,32)(H,34,35). The molecule has 13 heteroatoms. The summed E-state index contributed by atoms with van der Waals surface area (Å²) in [6.07, 6.45) is 5.30. The average molecular weight is 521 g/mol. The number of amides is 3. The number of aromatic nitrogens is 2. The lowest BCUT2D eigenvalue weighted by Gasteiger charge is -2.23. The van der Waals surface area contributed by atoms with Gasteiger partial charge < -0.3 is 36.9 Å². The van der Waals surface area contributed by atoms with Crippen molar-refractivity contribution >= 4 is 35.5 Å². The normalized spacial score (nSPS) is 14.2. The van der Waals surface area contributed by atoms with Crippen LogP contribution in [0.15, 0.2) is 36.8 Å². The maximum atomic E-state index is 13.1. The Bertz CT molecular complexity index is 1020. The van der Waals surface area contributed by atoms with Crippen molar-refractivity contribution in [2.75, 3.05) is 12.0 Å². The van der Waals surface area contributed by atoms with Gasteiger partial charge in [0.2, 0.25) is 17.7 Å². The number of hydrogen-bond acceptors (Lipinski definition) is 8. The molecule has 3 amide bonds. The summed E-state index contributed by atoms with van der Waals surface area (Å²) in [5.74, 6) is -2.47. The first-order valence-corrected chi connectivity index (χ1v) is 12.6. The third kappa shape index (κ3) is 9.23. The van der Waals surface area contributed by atoms with E-state index in [4.69, 9.17) is 5.73 Å². The molecule has 0 bridgehead atoms. The Labute approximate surface area is 212 Å². The summed E-state index contributed by atoms with van der Waals surface area (Å²) in [6, 6.07) is 1.91. The molecule has 2 aromatic rings. The lowest BCUT2D eigenvalue weighted by Crippen LogP contribution is -2.57. The molecule has 0 aliphatic carbocycles. The third-order valence-corrected chi connectivity index (χ3v) is 5.96. The molecule has 12 nitrogen and oxygen atoms in total. The molecule has 2 rings (SSSR count). The van der Waals surface area contributed by atoms with Gasteiger partial charge >= 0.3 is 5.97 Å². The highest BCUT2D eigenvalue weighted by Crippen LogP contribution is 2.12. The van der Waals surface area contributed by atoms with Crippen LogP contribution in [-0.2, 0) is 32.0 Å². The predicted molar refractivity (Wildman–Crippen MR) is 134 cm³/mol. The molecule has 36 heavy (non-hydrogen) atoms. The van der Waals surface area contributed by atoms with Crippen molar-refractivity contribution in [3.05, 3.63) is 48.0 Å². The van der Waals surface area contributed by atoms with Crippen molar-refractivity contribution in [2.24, 2.45) is 5.73 Å². The van der Waals surface area contributed by atoms with Crippen molar-refractivity contribution < 1.29 is 29.4 Å². The van der Waals surface area contributed by atoms with Crippen LogP contribution in [0.25, 0.3) is 0 Å². The van der Waals surface area contributed by atoms with Crippen molar-refractivity contribution in [1.82, 2.24) is 25.9 Å². The molecule has 0 fully saturated rings. The number of aliphatic carboxylic acids is 1. The van der Waals surface area contributed by atoms with Crippen molar-refractivity contribution in [3.63, 3.8) is 0 Å². The maximum Gasteiger partial charge on any atom is 0.326 e. The van der Waals surface area contributed by atoms with Crippen LogP contribution in [-0.4, -0.2) is 80.0 Å². The number of H-pyrrole nitrogens is 1. The van der Waals surface area contributed by atoms with E-state index >= 15 is 0 Å². The van der Waals surface area contributed by atoms with Gasteiger partial charge in [0, 0.05) is 24.7 Å². The van der Waals surface area contributed by atoms with E-state index in [0.29, 0.717) is 17.0 Å². The van der Waals surface area contributed by atoms with Crippen LogP contribution in [0.1, 0.15) is 24.6 Å². The SMILES string of the molecule is CSCCC(NC(=O)C(C)NC(=O)C(Cc1ccc(O)cc1)NC(=O)C(N)Cc1cnc[nH]1)C(=O)O. The van der Waals surface area contributed by atoms with E-state index < -0.39 is 47.9 Å². The van der Waals surface area contributed by atoms with Gasteiger partial charge in [0.05, 0.1) is 12.4 Å². The number of nitrogens with one attached hydrogen (secondary N) is 4. The number of phenolic OH excluding ortho intramolecular Hbond substituents is 1. The van der Waals surface area contributed by atoms with Crippen LogP contribution < -0.4 is 21.7 Å². The van der Waals surface area contributed by atoms with E-state index in [1.165, 1.54) is 43.3 Å². The second-order valence-electron chi connectivity index (χ2n) is 8.23. The molecular weight excluding hydrogens is 488 g/mol. The number of aromatic amines is 1. The molecule has 0 saturated heterocycles. The number of carboxylic acid groups (broad SMARTS) is 1. The minimum Gasteiger partial charge on any atom is -0.508 e. The van der Waals surface area contributed by atoms with E-state index in [2.05, 4.69) is 25.9 Å². The van der Waals surface area contributed by atoms with E-state index in [0.717, 1.165) is 0 Å². The van der Waals surface area contributed by atoms with Crippen LogP contribution in [0, 0.1) is 0 Å². The van der Waals surface area contributed by atoms with E-state index in [-0.39, 0.29) is 25.0 Å². The third-order valence-electron chi connectivity index (χ3n) is 5.32. The smallest absolute Gasteiger partial charge is 0.326 e. The Balaban J connectivity index is 2.08. The molecule has 0 spiro atoms. The molecule has 4 atom stereocenters. The zero-order chi connectivity index (χ0) is 26.7. The molecule has 1 aromatic carbocycles. The van der Waals surface area contributed by atoms with Gasteiger partial charge in [0.1, 0.15) is 23.9 Å². The molecule has 0 radical (unpaired) electrons. The Morgan fingerprint density at radius 3 is 2.28 bits per heavy atom. The van der Waals surface area contributed by atoms with Gasteiger partial charge in [-0.05, 0) is 43.0 Å². The van der Waals surface area contributed by atoms with Crippen molar-refractivity contribution in [3.8, 4) is 5.75 Å². The highest BCUT2D eigenvalue weighted by Gasteiger charge is 2.28. The second kappa shape index (κ2) is 14.1. The van der Waals surface area contributed by atoms with E-state index in [1.807, 2.05) is 6.26 Å². The first kappa shape index (κ1) is 28.7. The summed E-state index contributed by atoms with van der Waals surface area (Å²) in [7, 11) is 0. The summed E-state index contributed by atoms with van der Waals surface area (Å²) < 4.78 is 0. The Morgan fingerprint density at radius 1 is 1.03 bits per heavy atom. The van der Waals surface area contributed by atoms with Crippen LogP contribution in [0.2, 0.25) is 0 Å². The van der Waals surface area contributed by atoms with Gasteiger partial charge in [0.25, 0.3) is 0 Å². The number of carbonyl (C=O) groups is 4. The number of rotatable bonds is 14. The highest BCUT2D eigenvalue weighted by molar-refractivity contribution is 7.98. The Hall–Kier alpha value is -3.58. The summed E-state index contributed by atoms with van der Waals surface area (Å²) in [5, 5.41) is 26.4. The molecule has 0 aliphatic heterocycles. The lowest BCUT2D eigenvalue weighted by molar-refractivity contribution is -0.142. The molecular formula is C23H32N6O6S. The zero-order valence-corrected chi connectivity index (χ0v) is 20.9. The van der Waals surface area contributed by atoms with Crippen LogP contribution in [0.5, 0.6) is 5.75 Å². The minimum atomic E-state index is -1.17. The molecule has 196 valence electrons. The molecule has 1 heterocycles. The maximum absolute atomic E-state index is 13.1. The van der Waals surface area contributed by atoms with Crippen LogP contribution >= 0.6 is 11.8 Å². The summed E-state index contributed by atoms with van der Waals surface area (Å²) in [4.78, 5) is 56.5. The number of phenols is 1. The largest absolute Gasteiger partial charge is 0.508 e.